The third-order valence-electron chi connectivity index (χ3n) is 3.82. The average molecular weight is 345 g/mol. The SMILES string of the molecule is CCn1c(C2CCNCC2)nn(Cc2nnc(C)s2)c1=O.Cl. The van der Waals surface area contributed by atoms with Crippen LogP contribution < -0.4 is 11.0 Å². The molecule has 0 bridgehead atoms. The van der Waals surface area contributed by atoms with Crippen LogP contribution in [0.5, 0.6) is 0 Å². The molecule has 0 saturated carbocycles. The van der Waals surface area contributed by atoms with Gasteiger partial charge in [-0.1, -0.05) is 11.3 Å². The molecule has 0 atom stereocenters. The quantitative estimate of drug-likeness (QED) is 0.900. The molecule has 3 heterocycles. The van der Waals surface area contributed by atoms with Crippen molar-refractivity contribution in [3.8, 4) is 0 Å². The van der Waals surface area contributed by atoms with Crippen molar-refractivity contribution in [3.63, 3.8) is 0 Å². The van der Waals surface area contributed by atoms with Crippen LogP contribution in [0.1, 0.15) is 41.5 Å². The molecule has 1 saturated heterocycles. The van der Waals surface area contributed by atoms with E-state index in [2.05, 4.69) is 20.6 Å². The number of nitrogens with zero attached hydrogens (tertiary/aromatic N) is 5. The van der Waals surface area contributed by atoms with E-state index in [1.807, 2.05) is 13.8 Å². The lowest BCUT2D eigenvalue weighted by molar-refractivity contribution is 0.429. The smallest absolute Gasteiger partial charge is 0.317 e. The van der Waals surface area contributed by atoms with E-state index in [0.717, 1.165) is 41.8 Å². The summed E-state index contributed by atoms with van der Waals surface area (Å²) < 4.78 is 3.32. The van der Waals surface area contributed by atoms with Gasteiger partial charge in [0.25, 0.3) is 0 Å². The number of aromatic nitrogens is 5. The lowest BCUT2D eigenvalue weighted by atomic mass is 9.97. The van der Waals surface area contributed by atoms with Gasteiger partial charge in [-0.05, 0) is 39.8 Å². The second-order valence-electron chi connectivity index (χ2n) is 5.28. The highest BCUT2D eigenvalue weighted by atomic mass is 35.5. The third kappa shape index (κ3) is 3.39. The van der Waals surface area contributed by atoms with E-state index in [1.165, 1.54) is 16.0 Å². The molecular formula is C13H21ClN6OS. The van der Waals surface area contributed by atoms with Gasteiger partial charge in [0.15, 0.2) is 0 Å². The fraction of sp³-hybridized carbons (Fsp3) is 0.692. The monoisotopic (exact) mass is 344 g/mol. The molecular weight excluding hydrogens is 324 g/mol. The molecule has 9 heteroatoms. The molecule has 1 fully saturated rings. The summed E-state index contributed by atoms with van der Waals surface area (Å²) in [6, 6.07) is 0. The molecule has 22 heavy (non-hydrogen) atoms. The number of hydrogen-bond acceptors (Lipinski definition) is 6. The highest BCUT2D eigenvalue weighted by Crippen LogP contribution is 2.22. The van der Waals surface area contributed by atoms with Gasteiger partial charge in [-0.2, -0.15) is 5.10 Å². The summed E-state index contributed by atoms with van der Waals surface area (Å²) in [4.78, 5) is 12.5. The van der Waals surface area contributed by atoms with Gasteiger partial charge in [0.05, 0.1) is 0 Å². The van der Waals surface area contributed by atoms with Crippen molar-refractivity contribution in [2.45, 2.75) is 45.7 Å². The maximum atomic E-state index is 12.5. The lowest BCUT2D eigenvalue weighted by Gasteiger charge is -2.21. The van der Waals surface area contributed by atoms with Crippen LogP contribution in [0.25, 0.3) is 0 Å². The number of aryl methyl sites for hydroxylation is 1. The topological polar surface area (TPSA) is 77.6 Å². The van der Waals surface area contributed by atoms with E-state index >= 15 is 0 Å². The Morgan fingerprint density at radius 2 is 2.05 bits per heavy atom. The van der Waals surface area contributed by atoms with Crippen molar-refractivity contribution in [2.24, 2.45) is 0 Å². The van der Waals surface area contributed by atoms with Crippen molar-refractivity contribution in [1.82, 2.24) is 29.9 Å². The van der Waals surface area contributed by atoms with E-state index < -0.39 is 0 Å². The standard InChI is InChI=1S/C13H20N6OS.ClH/c1-3-18-12(10-4-6-14-7-5-10)17-19(13(18)20)8-11-16-15-9(2)21-11;/h10,14H,3-8H2,1-2H3;1H. The highest BCUT2D eigenvalue weighted by molar-refractivity contribution is 7.11. The van der Waals surface area contributed by atoms with Crippen molar-refractivity contribution in [1.29, 1.82) is 0 Å². The largest absolute Gasteiger partial charge is 0.346 e. The van der Waals surface area contributed by atoms with Crippen molar-refractivity contribution in [3.05, 3.63) is 26.3 Å². The number of hydrogen-bond donors (Lipinski definition) is 1. The van der Waals surface area contributed by atoms with Crippen LogP contribution in [0.3, 0.4) is 0 Å². The number of rotatable bonds is 4. The summed E-state index contributed by atoms with van der Waals surface area (Å²) in [7, 11) is 0. The molecule has 122 valence electrons. The molecule has 2 aromatic rings. The van der Waals surface area contributed by atoms with E-state index in [0.29, 0.717) is 19.0 Å². The Hall–Kier alpha value is -1.25. The average Bonchev–Trinajstić information content (AvgIpc) is 3.04. The van der Waals surface area contributed by atoms with Crippen LogP contribution in [0.4, 0.5) is 0 Å². The van der Waals surface area contributed by atoms with Gasteiger partial charge in [-0.3, -0.25) is 4.57 Å². The van der Waals surface area contributed by atoms with Crippen LogP contribution in [0.15, 0.2) is 4.79 Å². The fourth-order valence-corrected chi connectivity index (χ4v) is 3.46. The maximum absolute atomic E-state index is 12.5. The first-order chi connectivity index (χ1) is 10.2. The van der Waals surface area contributed by atoms with Gasteiger partial charge >= 0.3 is 5.69 Å². The third-order valence-corrected chi connectivity index (χ3v) is 4.65. The summed E-state index contributed by atoms with van der Waals surface area (Å²) in [5.74, 6) is 1.29. The van der Waals surface area contributed by atoms with Crippen LogP contribution in [-0.4, -0.2) is 37.6 Å². The van der Waals surface area contributed by atoms with Gasteiger partial charge < -0.3 is 5.32 Å². The van der Waals surface area contributed by atoms with Gasteiger partial charge in [0, 0.05) is 12.5 Å². The lowest BCUT2D eigenvalue weighted by Crippen LogP contribution is -2.29. The van der Waals surface area contributed by atoms with Gasteiger partial charge in [0.1, 0.15) is 22.4 Å². The van der Waals surface area contributed by atoms with E-state index in [9.17, 15) is 4.79 Å². The van der Waals surface area contributed by atoms with Crippen molar-refractivity contribution >= 4 is 23.7 Å². The van der Waals surface area contributed by atoms with Crippen LogP contribution in [-0.2, 0) is 13.1 Å². The van der Waals surface area contributed by atoms with Crippen molar-refractivity contribution < 1.29 is 0 Å². The van der Waals surface area contributed by atoms with Crippen molar-refractivity contribution in [2.75, 3.05) is 13.1 Å². The zero-order valence-electron chi connectivity index (χ0n) is 12.8. The number of piperidine rings is 1. The van der Waals surface area contributed by atoms with Crippen LogP contribution in [0.2, 0.25) is 0 Å². The van der Waals surface area contributed by atoms with Crippen LogP contribution in [0, 0.1) is 6.92 Å². The Morgan fingerprint density at radius 1 is 1.32 bits per heavy atom. The molecule has 7 nitrogen and oxygen atoms in total. The first kappa shape index (κ1) is 17.1. The van der Waals surface area contributed by atoms with E-state index in [4.69, 9.17) is 0 Å². The summed E-state index contributed by atoms with van der Waals surface area (Å²) in [6.07, 6.45) is 2.07. The first-order valence-electron chi connectivity index (χ1n) is 7.36. The van der Waals surface area contributed by atoms with Gasteiger partial charge in [-0.15, -0.1) is 22.6 Å². The Morgan fingerprint density at radius 3 is 2.64 bits per heavy atom. The second kappa shape index (κ2) is 7.34. The fourth-order valence-electron chi connectivity index (χ4n) is 2.77. The number of nitrogens with one attached hydrogen (secondary N) is 1. The minimum absolute atomic E-state index is 0. The zero-order valence-corrected chi connectivity index (χ0v) is 14.4. The Bertz CT molecular complexity index is 672. The molecule has 0 aromatic carbocycles. The Balaban J connectivity index is 0.00000176. The molecule has 0 amide bonds. The normalized spacial score (nSPS) is 15.7. The predicted octanol–water partition coefficient (Wildman–Crippen LogP) is 1.16. The molecule has 0 radical (unpaired) electrons. The minimum Gasteiger partial charge on any atom is -0.317 e. The van der Waals surface area contributed by atoms with Gasteiger partial charge in [-0.25, -0.2) is 9.48 Å². The first-order valence-corrected chi connectivity index (χ1v) is 8.18. The molecule has 3 rings (SSSR count). The molecule has 1 N–H and O–H groups in total. The number of halogens is 1. The molecule has 0 unspecified atom stereocenters. The Labute approximate surface area is 139 Å². The summed E-state index contributed by atoms with van der Waals surface area (Å²) in [5, 5.41) is 17.7. The summed E-state index contributed by atoms with van der Waals surface area (Å²) in [6.45, 7) is 6.96. The molecule has 1 aliphatic rings. The summed E-state index contributed by atoms with van der Waals surface area (Å²) >= 11 is 1.51. The molecule has 0 aliphatic carbocycles. The minimum atomic E-state index is -0.0427. The molecule has 0 spiro atoms. The molecule has 1 aliphatic heterocycles. The van der Waals surface area contributed by atoms with Gasteiger partial charge in [0.2, 0.25) is 0 Å². The van der Waals surface area contributed by atoms with E-state index in [1.54, 1.807) is 4.57 Å². The predicted molar refractivity (Wildman–Crippen MR) is 88.0 cm³/mol. The second-order valence-corrected chi connectivity index (χ2v) is 6.55. The Kier molecular flexibility index (Phi) is 5.71. The summed E-state index contributed by atoms with van der Waals surface area (Å²) in [5.41, 5.74) is -0.0427. The molecule has 2 aromatic heterocycles. The van der Waals surface area contributed by atoms with Crippen LogP contribution >= 0.6 is 23.7 Å². The highest BCUT2D eigenvalue weighted by Gasteiger charge is 2.23. The zero-order chi connectivity index (χ0) is 14.8. The maximum Gasteiger partial charge on any atom is 0.346 e. The van der Waals surface area contributed by atoms with E-state index in [-0.39, 0.29) is 18.1 Å².